The van der Waals surface area contributed by atoms with E-state index in [2.05, 4.69) is 5.32 Å². The number of carbonyl (C=O) groups is 2. The number of piperidine rings is 1. The number of hydrogen-bond acceptors (Lipinski definition) is 4. The van der Waals surface area contributed by atoms with Crippen LogP contribution < -0.4 is 5.32 Å². The first-order valence-corrected chi connectivity index (χ1v) is 10.9. The minimum absolute atomic E-state index is 0.0868. The van der Waals surface area contributed by atoms with Gasteiger partial charge in [0.05, 0.1) is 12.2 Å². The third-order valence-corrected chi connectivity index (χ3v) is 5.96. The number of rotatable bonds is 5. The lowest BCUT2D eigenvalue weighted by molar-refractivity contribution is -0.127. The van der Waals surface area contributed by atoms with Gasteiger partial charge in [-0.3, -0.25) is 9.59 Å². The summed E-state index contributed by atoms with van der Waals surface area (Å²) in [6.07, 6.45) is 2.99. The molecule has 2 aromatic heterocycles. The molecule has 0 bridgehead atoms. The van der Waals surface area contributed by atoms with Gasteiger partial charge in [-0.25, -0.2) is 0 Å². The number of amides is 2. The molecule has 2 amide bonds. The Morgan fingerprint density at radius 3 is 2.59 bits per heavy atom. The third-order valence-electron chi connectivity index (χ3n) is 5.96. The van der Waals surface area contributed by atoms with Gasteiger partial charge in [-0.2, -0.15) is 0 Å². The van der Waals surface area contributed by atoms with Crippen molar-refractivity contribution in [2.24, 2.45) is 5.92 Å². The smallest absolute Gasteiger partial charge is 0.289 e. The van der Waals surface area contributed by atoms with Gasteiger partial charge in [-0.05, 0) is 42.7 Å². The molecule has 5 rings (SSSR count). The number of nitrogens with one attached hydrogen (secondary N) is 1. The third kappa shape index (κ3) is 4.04. The summed E-state index contributed by atoms with van der Waals surface area (Å²) < 4.78 is 11.3. The van der Waals surface area contributed by atoms with Crippen LogP contribution in [0, 0.1) is 5.92 Å². The van der Waals surface area contributed by atoms with Crippen LogP contribution in [0.25, 0.3) is 11.0 Å². The van der Waals surface area contributed by atoms with E-state index in [1.165, 1.54) is 6.26 Å². The number of carbonyl (C=O) groups excluding carboxylic acids is 2. The normalized spacial score (nSPS) is 17.2. The molecular weight excluding hydrogens is 404 g/mol. The molecule has 0 unspecified atom stereocenters. The van der Waals surface area contributed by atoms with E-state index in [0.717, 1.165) is 29.4 Å². The molecule has 3 heterocycles. The summed E-state index contributed by atoms with van der Waals surface area (Å²) in [5.74, 6) is 0.430. The van der Waals surface area contributed by atoms with E-state index in [9.17, 15) is 9.59 Å². The highest BCUT2D eigenvalue weighted by Gasteiger charge is 2.32. The van der Waals surface area contributed by atoms with E-state index in [1.54, 1.807) is 17.0 Å². The minimum Gasteiger partial charge on any atom is -0.459 e. The van der Waals surface area contributed by atoms with Gasteiger partial charge in [0, 0.05) is 18.5 Å². The van der Waals surface area contributed by atoms with Crippen molar-refractivity contribution in [3.8, 4) is 0 Å². The summed E-state index contributed by atoms with van der Waals surface area (Å²) in [7, 11) is 0. The highest BCUT2D eigenvalue weighted by atomic mass is 16.3. The van der Waals surface area contributed by atoms with Crippen LogP contribution in [0.3, 0.4) is 0 Å². The summed E-state index contributed by atoms with van der Waals surface area (Å²) in [6, 6.07) is 22.5. The van der Waals surface area contributed by atoms with Gasteiger partial charge in [0.15, 0.2) is 5.76 Å². The summed E-state index contributed by atoms with van der Waals surface area (Å²) in [4.78, 5) is 27.7. The van der Waals surface area contributed by atoms with Crippen LogP contribution in [0.4, 0.5) is 0 Å². The van der Waals surface area contributed by atoms with Gasteiger partial charge >= 0.3 is 0 Å². The number of likely N-dealkylation sites (tertiary alicyclic amines) is 1. The van der Waals surface area contributed by atoms with E-state index >= 15 is 0 Å². The zero-order valence-corrected chi connectivity index (χ0v) is 17.6. The average molecular weight is 428 g/mol. The molecular formula is C26H24N2O4. The second-order valence-corrected chi connectivity index (χ2v) is 8.11. The Morgan fingerprint density at radius 2 is 1.81 bits per heavy atom. The fourth-order valence-electron chi connectivity index (χ4n) is 4.30. The van der Waals surface area contributed by atoms with E-state index < -0.39 is 6.04 Å². The summed E-state index contributed by atoms with van der Waals surface area (Å²) in [6.45, 7) is 0.988. The Morgan fingerprint density at radius 1 is 1.00 bits per heavy atom. The lowest BCUT2D eigenvalue weighted by atomic mass is 9.95. The molecule has 1 aliphatic heterocycles. The van der Waals surface area contributed by atoms with Crippen LogP contribution in [0.1, 0.15) is 40.8 Å². The maximum Gasteiger partial charge on any atom is 0.289 e. The monoisotopic (exact) mass is 428 g/mol. The predicted molar refractivity (Wildman–Crippen MR) is 120 cm³/mol. The summed E-state index contributed by atoms with van der Waals surface area (Å²) in [5, 5.41) is 4.17. The molecule has 1 N–H and O–H groups in total. The molecule has 2 atom stereocenters. The SMILES string of the molecule is O=C(N[C@@H](c1ccccc1)c1cc2ccccc2o1)[C@@H]1CCCN(C(=O)c2ccco2)C1. The molecule has 6 heteroatoms. The van der Waals surface area contributed by atoms with Gasteiger partial charge < -0.3 is 19.1 Å². The molecule has 1 saturated heterocycles. The summed E-state index contributed by atoms with van der Waals surface area (Å²) >= 11 is 0. The molecule has 32 heavy (non-hydrogen) atoms. The fourth-order valence-corrected chi connectivity index (χ4v) is 4.30. The van der Waals surface area contributed by atoms with Crippen molar-refractivity contribution < 1.29 is 18.4 Å². The molecule has 6 nitrogen and oxygen atoms in total. The zero-order valence-electron chi connectivity index (χ0n) is 17.6. The number of para-hydroxylation sites is 1. The molecule has 4 aromatic rings. The number of hydrogen-bond donors (Lipinski definition) is 1. The summed E-state index contributed by atoms with van der Waals surface area (Å²) in [5.41, 5.74) is 1.73. The molecule has 0 radical (unpaired) electrons. The second-order valence-electron chi connectivity index (χ2n) is 8.11. The van der Waals surface area contributed by atoms with E-state index in [0.29, 0.717) is 24.6 Å². The Bertz CT molecular complexity index is 1180. The van der Waals surface area contributed by atoms with E-state index in [1.807, 2.05) is 60.7 Å². The average Bonchev–Trinajstić information content (AvgIpc) is 3.52. The van der Waals surface area contributed by atoms with Crippen LogP contribution in [-0.4, -0.2) is 29.8 Å². The van der Waals surface area contributed by atoms with Crippen LogP contribution >= 0.6 is 0 Å². The molecule has 0 spiro atoms. The van der Waals surface area contributed by atoms with Crippen molar-refractivity contribution in [1.29, 1.82) is 0 Å². The van der Waals surface area contributed by atoms with Gasteiger partial charge in [-0.15, -0.1) is 0 Å². The van der Waals surface area contributed by atoms with Gasteiger partial charge in [0.25, 0.3) is 5.91 Å². The Labute approximate surface area is 185 Å². The van der Waals surface area contributed by atoms with Crippen molar-refractivity contribution in [1.82, 2.24) is 10.2 Å². The first-order chi connectivity index (χ1) is 15.7. The van der Waals surface area contributed by atoms with Crippen molar-refractivity contribution in [3.05, 3.63) is 96.1 Å². The first-order valence-electron chi connectivity index (χ1n) is 10.9. The zero-order chi connectivity index (χ0) is 21.9. The van der Waals surface area contributed by atoms with Crippen molar-refractivity contribution in [2.45, 2.75) is 18.9 Å². The van der Waals surface area contributed by atoms with Gasteiger partial charge in [0.2, 0.25) is 5.91 Å². The maximum absolute atomic E-state index is 13.3. The Hall–Kier alpha value is -3.80. The predicted octanol–water partition coefficient (Wildman–Crippen LogP) is 4.78. The Balaban J connectivity index is 1.37. The molecule has 0 aliphatic carbocycles. The molecule has 0 saturated carbocycles. The topological polar surface area (TPSA) is 75.7 Å². The fraction of sp³-hybridized carbons (Fsp3) is 0.231. The van der Waals surface area contributed by atoms with Crippen LogP contribution in [-0.2, 0) is 4.79 Å². The second kappa shape index (κ2) is 8.75. The number of furan rings is 2. The number of fused-ring (bicyclic) bond motifs is 1. The highest BCUT2D eigenvalue weighted by molar-refractivity contribution is 5.92. The number of nitrogens with zero attached hydrogens (tertiary/aromatic N) is 1. The minimum atomic E-state index is -0.410. The molecule has 162 valence electrons. The van der Waals surface area contributed by atoms with Crippen molar-refractivity contribution >= 4 is 22.8 Å². The van der Waals surface area contributed by atoms with Crippen molar-refractivity contribution in [3.63, 3.8) is 0 Å². The molecule has 2 aromatic carbocycles. The lowest BCUT2D eigenvalue weighted by Gasteiger charge is -2.32. The Kier molecular flexibility index (Phi) is 5.50. The first kappa shape index (κ1) is 20.1. The maximum atomic E-state index is 13.3. The van der Waals surface area contributed by atoms with E-state index in [-0.39, 0.29) is 17.7 Å². The van der Waals surface area contributed by atoms with Crippen LogP contribution in [0.15, 0.2) is 87.9 Å². The standard InChI is InChI=1S/C26H24N2O4/c29-25(20-11-6-14-28(17-20)26(30)22-13-7-15-31-22)27-24(18-8-2-1-3-9-18)23-16-19-10-4-5-12-21(19)32-23/h1-5,7-10,12-13,15-16,20,24H,6,11,14,17H2,(H,27,29)/t20-,24+/m1/s1. The number of benzene rings is 2. The van der Waals surface area contributed by atoms with E-state index in [4.69, 9.17) is 8.83 Å². The van der Waals surface area contributed by atoms with Crippen LogP contribution in [0.5, 0.6) is 0 Å². The quantitative estimate of drug-likeness (QED) is 0.496. The molecule has 1 aliphatic rings. The van der Waals surface area contributed by atoms with Gasteiger partial charge in [-0.1, -0.05) is 48.5 Å². The lowest BCUT2D eigenvalue weighted by Crippen LogP contribution is -2.46. The highest BCUT2D eigenvalue weighted by Crippen LogP contribution is 2.29. The largest absolute Gasteiger partial charge is 0.459 e. The van der Waals surface area contributed by atoms with Gasteiger partial charge in [0.1, 0.15) is 17.4 Å². The van der Waals surface area contributed by atoms with Crippen molar-refractivity contribution in [2.75, 3.05) is 13.1 Å². The molecule has 1 fully saturated rings. The van der Waals surface area contributed by atoms with Crippen LogP contribution in [0.2, 0.25) is 0 Å².